The maximum atomic E-state index is 12.9. The molecule has 2 fully saturated rings. The summed E-state index contributed by atoms with van der Waals surface area (Å²) in [5, 5.41) is 7.21. The van der Waals surface area contributed by atoms with Gasteiger partial charge in [-0.2, -0.15) is 9.40 Å². The second kappa shape index (κ2) is 6.06. The van der Waals surface area contributed by atoms with E-state index in [1.54, 1.807) is 15.2 Å². The van der Waals surface area contributed by atoms with Crippen molar-refractivity contribution in [3.8, 4) is 0 Å². The fraction of sp³-hybridized carbons (Fsp3) is 0.786. The van der Waals surface area contributed by atoms with Crippen LogP contribution in [0.25, 0.3) is 0 Å². The van der Waals surface area contributed by atoms with Crippen LogP contribution in [0.5, 0.6) is 0 Å². The van der Waals surface area contributed by atoms with Crippen LogP contribution >= 0.6 is 0 Å². The zero-order valence-corrected chi connectivity index (χ0v) is 13.3. The third kappa shape index (κ3) is 2.86. The number of sulfonamides is 1. The first-order chi connectivity index (χ1) is 10.1. The van der Waals surface area contributed by atoms with Crippen LogP contribution in [0, 0.1) is 5.92 Å². The van der Waals surface area contributed by atoms with Gasteiger partial charge in [-0.3, -0.25) is 4.68 Å². The van der Waals surface area contributed by atoms with E-state index in [1.165, 1.54) is 19.0 Å². The van der Waals surface area contributed by atoms with Gasteiger partial charge in [0.2, 0.25) is 10.0 Å². The molecule has 3 rings (SSSR count). The molecule has 0 radical (unpaired) electrons. The van der Waals surface area contributed by atoms with Crippen LogP contribution in [-0.2, 0) is 16.6 Å². The van der Waals surface area contributed by atoms with Crippen LogP contribution in [0.3, 0.4) is 0 Å². The Kier molecular flexibility index (Phi) is 4.33. The lowest BCUT2D eigenvalue weighted by molar-refractivity contribution is 0.202. The van der Waals surface area contributed by atoms with E-state index in [2.05, 4.69) is 10.4 Å². The van der Waals surface area contributed by atoms with Crippen LogP contribution in [-0.4, -0.2) is 48.7 Å². The molecule has 21 heavy (non-hydrogen) atoms. The first kappa shape index (κ1) is 15.0. The lowest BCUT2D eigenvalue weighted by Crippen LogP contribution is -2.45. The number of nitrogens with zero attached hydrogens (tertiary/aromatic N) is 3. The van der Waals surface area contributed by atoms with Gasteiger partial charge in [-0.15, -0.1) is 0 Å². The topological polar surface area (TPSA) is 67.2 Å². The summed E-state index contributed by atoms with van der Waals surface area (Å²) in [6, 6.07) is 0.212. The first-order valence-electron chi connectivity index (χ1n) is 7.82. The minimum atomic E-state index is -3.39. The quantitative estimate of drug-likeness (QED) is 0.883. The second-order valence-corrected chi connectivity index (χ2v) is 7.95. The Bertz CT molecular complexity index is 584. The summed E-state index contributed by atoms with van der Waals surface area (Å²) in [5.74, 6) is 0.563. The van der Waals surface area contributed by atoms with Crippen molar-refractivity contribution < 1.29 is 8.42 Å². The smallest absolute Gasteiger partial charge is 0.246 e. The van der Waals surface area contributed by atoms with E-state index in [-0.39, 0.29) is 6.04 Å². The maximum absolute atomic E-state index is 12.9. The third-order valence-electron chi connectivity index (χ3n) is 4.75. The van der Waals surface area contributed by atoms with Crippen LogP contribution in [0.2, 0.25) is 0 Å². The van der Waals surface area contributed by atoms with Crippen molar-refractivity contribution in [2.45, 2.75) is 49.6 Å². The molecule has 0 spiro atoms. The number of likely N-dealkylation sites (N-methyl/N-ethyl adjacent to an activating group) is 1. The fourth-order valence-electron chi connectivity index (χ4n) is 3.67. The Morgan fingerprint density at radius 3 is 2.95 bits per heavy atom. The minimum Gasteiger partial charge on any atom is -0.318 e. The molecule has 1 aliphatic heterocycles. The summed E-state index contributed by atoms with van der Waals surface area (Å²) < 4.78 is 29.2. The van der Waals surface area contributed by atoms with Crippen LogP contribution in [0.4, 0.5) is 0 Å². The Labute approximate surface area is 126 Å². The highest BCUT2D eigenvalue weighted by molar-refractivity contribution is 7.89. The summed E-state index contributed by atoms with van der Waals surface area (Å²) in [6.45, 7) is 2.11. The number of aromatic nitrogens is 2. The molecule has 1 aliphatic carbocycles. The molecule has 0 aromatic carbocycles. The Morgan fingerprint density at radius 1 is 1.33 bits per heavy atom. The Balaban J connectivity index is 1.80. The number of piperidine rings is 1. The van der Waals surface area contributed by atoms with E-state index in [1.807, 2.05) is 7.05 Å². The molecule has 7 heteroatoms. The van der Waals surface area contributed by atoms with E-state index in [0.29, 0.717) is 23.9 Å². The van der Waals surface area contributed by atoms with Gasteiger partial charge >= 0.3 is 0 Å². The molecule has 2 unspecified atom stereocenters. The lowest BCUT2D eigenvalue weighted by Gasteiger charge is -2.36. The van der Waals surface area contributed by atoms with Gasteiger partial charge in [0.1, 0.15) is 4.90 Å². The fourth-order valence-corrected chi connectivity index (χ4v) is 5.38. The molecule has 2 atom stereocenters. The molecule has 2 aliphatic rings. The highest BCUT2D eigenvalue weighted by atomic mass is 32.2. The minimum absolute atomic E-state index is 0.212. The molecule has 0 bridgehead atoms. The highest BCUT2D eigenvalue weighted by Crippen LogP contribution is 2.39. The Hall–Kier alpha value is -0.920. The van der Waals surface area contributed by atoms with Gasteiger partial charge in [0.25, 0.3) is 0 Å². The molecule has 1 aromatic heterocycles. The molecule has 1 aromatic rings. The monoisotopic (exact) mass is 312 g/mol. The zero-order chi connectivity index (χ0) is 14.9. The molecule has 1 saturated heterocycles. The SMILES string of the molecule is CNCCn1cc(S(=O)(=O)N2CCCC3CCCC32)cn1. The molecule has 2 heterocycles. The summed E-state index contributed by atoms with van der Waals surface area (Å²) in [5.41, 5.74) is 0. The van der Waals surface area contributed by atoms with Crippen LogP contribution < -0.4 is 5.32 Å². The number of hydrogen-bond donors (Lipinski definition) is 1. The van der Waals surface area contributed by atoms with Crippen molar-refractivity contribution in [1.82, 2.24) is 19.4 Å². The summed E-state index contributed by atoms with van der Waals surface area (Å²) in [4.78, 5) is 0.339. The maximum Gasteiger partial charge on any atom is 0.246 e. The largest absolute Gasteiger partial charge is 0.318 e. The van der Waals surface area contributed by atoms with E-state index >= 15 is 0 Å². The predicted molar refractivity (Wildman–Crippen MR) is 80.4 cm³/mol. The lowest BCUT2D eigenvalue weighted by atomic mass is 9.94. The van der Waals surface area contributed by atoms with Crippen LogP contribution in [0.15, 0.2) is 17.3 Å². The van der Waals surface area contributed by atoms with Gasteiger partial charge in [0.05, 0.1) is 12.7 Å². The second-order valence-electron chi connectivity index (χ2n) is 6.06. The molecule has 6 nitrogen and oxygen atoms in total. The zero-order valence-electron chi connectivity index (χ0n) is 12.5. The molecule has 1 N–H and O–H groups in total. The van der Waals surface area contributed by atoms with Gasteiger partial charge in [-0.25, -0.2) is 8.42 Å². The van der Waals surface area contributed by atoms with E-state index < -0.39 is 10.0 Å². The summed E-state index contributed by atoms with van der Waals surface area (Å²) in [7, 11) is -1.52. The van der Waals surface area contributed by atoms with Crippen molar-refractivity contribution in [3.05, 3.63) is 12.4 Å². The van der Waals surface area contributed by atoms with Gasteiger partial charge in [0.15, 0.2) is 0 Å². The van der Waals surface area contributed by atoms with Gasteiger partial charge in [-0.1, -0.05) is 6.42 Å². The average molecular weight is 312 g/mol. The average Bonchev–Trinajstić information content (AvgIpc) is 3.13. The number of rotatable bonds is 5. The standard InChI is InChI=1S/C14H24N4O2S/c1-15-7-9-17-11-13(10-16-17)21(19,20)18-8-3-5-12-4-2-6-14(12)18/h10-12,14-15H,2-9H2,1H3. The van der Waals surface area contributed by atoms with Crippen LogP contribution in [0.1, 0.15) is 32.1 Å². The number of hydrogen-bond acceptors (Lipinski definition) is 4. The number of nitrogens with one attached hydrogen (secondary N) is 1. The molecular weight excluding hydrogens is 288 g/mol. The van der Waals surface area contributed by atoms with E-state index in [0.717, 1.165) is 25.8 Å². The first-order valence-corrected chi connectivity index (χ1v) is 9.26. The summed E-state index contributed by atoms with van der Waals surface area (Å²) >= 11 is 0. The molecule has 1 saturated carbocycles. The van der Waals surface area contributed by atoms with Gasteiger partial charge < -0.3 is 5.32 Å². The summed E-state index contributed by atoms with van der Waals surface area (Å²) in [6.07, 6.45) is 8.65. The number of fused-ring (bicyclic) bond motifs is 1. The molecule has 118 valence electrons. The van der Waals surface area contributed by atoms with Gasteiger partial charge in [0, 0.05) is 25.3 Å². The van der Waals surface area contributed by atoms with Crippen molar-refractivity contribution in [2.75, 3.05) is 20.1 Å². The van der Waals surface area contributed by atoms with E-state index in [4.69, 9.17) is 0 Å². The van der Waals surface area contributed by atoms with E-state index in [9.17, 15) is 8.42 Å². The molecular formula is C14H24N4O2S. The molecule has 0 amide bonds. The third-order valence-corrected chi connectivity index (χ3v) is 6.63. The predicted octanol–water partition coefficient (Wildman–Crippen LogP) is 1.06. The highest BCUT2D eigenvalue weighted by Gasteiger charge is 2.41. The van der Waals surface area contributed by atoms with Crippen molar-refractivity contribution >= 4 is 10.0 Å². The van der Waals surface area contributed by atoms with Crippen molar-refractivity contribution in [1.29, 1.82) is 0 Å². The van der Waals surface area contributed by atoms with Crippen molar-refractivity contribution in [2.24, 2.45) is 5.92 Å². The van der Waals surface area contributed by atoms with Gasteiger partial charge in [-0.05, 0) is 38.6 Å². The van der Waals surface area contributed by atoms with Crippen molar-refractivity contribution in [3.63, 3.8) is 0 Å². The Morgan fingerprint density at radius 2 is 2.14 bits per heavy atom. The normalized spacial score (nSPS) is 26.9.